The molecule has 4 aromatic carbocycles. The summed E-state index contributed by atoms with van der Waals surface area (Å²) in [4.78, 5) is 10.0. The van der Waals surface area contributed by atoms with Crippen LogP contribution in [0, 0.1) is 6.92 Å². The molecular formula is C29H21N3. The van der Waals surface area contributed by atoms with E-state index < -0.39 is 0 Å². The summed E-state index contributed by atoms with van der Waals surface area (Å²) < 4.78 is 2.25. The lowest BCUT2D eigenvalue weighted by Crippen LogP contribution is -2.02. The third-order valence-corrected chi connectivity index (χ3v) is 5.87. The molecule has 0 amide bonds. The molecule has 6 aromatic rings. The minimum atomic E-state index is 0.724. The second kappa shape index (κ2) is 7.47. The van der Waals surface area contributed by atoms with E-state index in [9.17, 15) is 0 Å². The maximum Gasteiger partial charge on any atom is 0.162 e. The topological polar surface area (TPSA) is 30.7 Å². The quantitative estimate of drug-likeness (QED) is 0.308. The lowest BCUT2D eigenvalue weighted by atomic mass is 10.1. The van der Waals surface area contributed by atoms with Crippen LogP contribution in [-0.4, -0.2) is 14.5 Å². The molecule has 0 fully saturated rings. The highest BCUT2D eigenvalue weighted by molar-refractivity contribution is 6.09. The zero-order valence-electron chi connectivity index (χ0n) is 17.7. The van der Waals surface area contributed by atoms with Crippen molar-refractivity contribution in [3.63, 3.8) is 0 Å². The van der Waals surface area contributed by atoms with E-state index in [1.54, 1.807) is 0 Å². The van der Waals surface area contributed by atoms with Gasteiger partial charge in [0.2, 0.25) is 0 Å². The first-order valence-electron chi connectivity index (χ1n) is 10.8. The van der Waals surface area contributed by atoms with Crippen molar-refractivity contribution in [2.75, 3.05) is 0 Å². The Bertz CT molecular complexity index is 1530. The Balaban J connectivity index is 1.69. The van der Waals surface area contributed by atoms with Crippen molar-refractivity contribution in [2.45, 2.75) is 6.92 Å². The van der Waals surface area contributed by atoms with E-state index in [4.69, 9.17) is 9.97 Å². The Kier molecular flexibility index (Phi) is 4.32. The van der Waals surface area contributed by atoms with E-state index in [1.165, 1.54) is 16.3 Å². The number of fused-ring (bicyclic) bond motifs is 3. The van der Waals surface area contributed by atoms with E-state index in [1.807, 2.05) is 18.2 Å². The molecule has 0 atom stereocenters. The zero-order chi connectivity index (χ0) is 21.5. The fourth-order valence-corrected chi connectivity index (χ4v) is 4.39. The fraction of sp³-hybridized carbons (Fsp3) is 0.0345. The van der Waals surface area contributed by atoms with E-state index in [0.29, 0.717) is 0 Å². The molecule has 0 saturated heterocycles. The van der Waals surface area contributed by atoms with Crippen LogP contribution >= 0.6 is 0 Å². The molecule has 0 spiro atoms. The van der Waals surface area contributed by atoms with Gasteiger partial charge in [-0.1, -0.05) is 90.5 Å². The average molecular weight is 412 g/mol. The van der Waals surface area contributed by atoms with Gasteiger partial charge in [0.15, 0.2) is 5.82 Å². The van der Waals surface area contributed by atoms with Crippen molar-refractivity contribution in [3.05, 3.63) is 115 Å². The average Bonchev–Trinajstić information content (AvgIpc) is 3.19. The number of aromatic nitrogens is 3. The summed E-state index contributed by atoms with van der Waals surface area (Å²) in [7, 11) is 0. The van der Waals surface area contributed by atoms with Gasteiger partial charge in [-0.25, -0.2) is 9.97 Å². The van der Waals surface area contributed by atoms with Gasteiger partial charge in [-0.15, -0.1) is 0 Å². The van der Waals surface area contributed by atoms with Gasteiger partial charge in [-0.3, -0.25) is 4.57 Å². The van der Waals surface area contributed by atoms with Crippen molar-refractivity contribution < 1.29 is 0 Å². The fourth-order valence-electron chi connectivity index (χ4n) is 4.39. The van der Waals surface area contributed by atoms with Gasteiger partial charge in [0, 0.05) is 28.0 Å². The molecule has 0 saturated carbocycles. The molecule has 2 heterocycles. The summed E-state index contributed by atoms with van der Waals surface area (Å²) in [5.74, 6) is 1.59. The van der Waals surface area contributed by atoms with Crippen molar-refractivity contribution in [1.29, 1.82) is 0 Å². The van der Waals surface area contributed by atoms with Gasteiger partial charge in [-0.2, -0.15) is 0 Å². The minimum absolute atomic E-state index is 0.724. The summed E-state index contributed by atoms with van der Waals surface area (Å²) >= 11 is 0. The second-order valence-electron chi connectivity index (χ2n) is 8.04. The maximum atomic E-state index is 5.05. The van der Waals surface area contributed by atoms with Crippen molar-refractivity contribution in [3.8, 4) is 28.5 Å². The summed E-state index contributed by atoms with van der Waals surface area (Å²) in [6, 6.07) is 37.8. The van der Waals surface area contributed by atoms with Crippen LogP contribution in [-0.2, 0) is 0 Å². The number of hydrogen-bond donors (Lipinski definition) is 0. The van der Waals surface area contributed by atoms with E-state index >= 15 is 0 Å². The molecule has 32 heavy (non-hydrogen) atoms. The lowest BCUT2D eigenvalue weighted by Gasteiger charge is -2.12. The zero-order valence-corrected chi connectivity index (χ0v) is 17.7. The Morgan fingerprint density at radius 2 is 1.19 bits per heavy atom. The number of para-hydroxylation sites is 2. The highest BCUT2D eigenvalue weighted by atomic mass is 15.1. The molecule has 0 aliphatic rings. The normalized spacial score (nSPS) is 11.3. The molecule has 0 unspecified atom stereocenters. The molecule has 152 valence electrons. The standard InChI is InChI=1S/C29H21N3/c1-20-10-9-13-22(18-20)25-19-28(31-29(30-25)21-11-3-2-4-12-21)32-26-16-7-5-14-23(26)24-15-6-8-17-27(24)32/h2-19H,1H3. The van der Waals surface area contributed by atoms with Gasteiger partial charge >= 0.3 is 0 Å². The van der Waals surface area contributed by atoms with Crippen LogP contribution in [0.5, 0.6) is 0 Å². The Labute approximate surface area is 186 Å². The van der Waals surface area contributed by atoms with Crippen LogP contribution in [0.3, 0.4) is 0 Å². The monoisotopic (exact) mass is 411 g/mol. The molecular weight excluding hydrogens is 390 g/mol. The Morgan fingerprint density at radius 1 is 0.562 bits per heavy atom. The number of nitrogens with zero attached hydrogens (tertiary/aromatic N) is 3. The molecule has 0 N–H and O–H groups in total. The predicted octanol–water partition coefficient (Wildman–Crippen LogP) is 7.22. The lowest BCUT2D eigenvalue weighted by molar-refractivity contribution is 1.05. The summed E-state index contributed by atoms with van der Waals surface area (Å²) in [5.41, 5.74) is 6.50. The van der Waals surface area contributed by atoms with Crippen molar-refractivity contribution in [1.82, 2.24) is 14.5 Å². The molecule has 6 rings (SSSR count). The molecule has 2 aromatic heterocycles. The van der Waals surface area contributed by atoms with Crippen molar-refractivity contribution >= 4 is 21.8 Å². The van der Waals surface area contributed by atoms with E-state index in [0.717, 1.165) is 39.5 Å². The molecule has 3 nitrogen and oxygen atoms in total. The minimum Gasteiger partial charge on any atom is -0.294 e. The third kappa shape index (κ3) is 3.07. The Hall–Kier alpha value is -4.24. The first-order chi connectivity index (χ1) is 15.8. The van der Waals surface area contributed by atoms with Crippen LogP contribution in [0.2, 0.25) is 0 Å². The largest absolute Gasteiger partial charge is 0.294 e. The van der Waals surface area contributed by atoms with Gasteiger partial charge in [0.25, 0.3) is 0 Å². The smallest absolute Gasteiger partial charge is 0.162 e. The van der Waals surface area contributed by atoms with Gasteiger partial charge in [0.05, 0.1) is 16.7 Å². The third-order valence-electron chi connectivity index (χ3n) is 5.87. The molecule has 0 bridgehead atoms. The van der Waals surface area contributed by atoms with Crippen LogP contribution in [0.25, 0.3) is 50.3 Å². The molecule has 3 heteroatoms. The Morgan fingerprint density at radius 3 is 1.88 bits per heavy atom. The second-order valence-corrected chi connectivity index (χ2v) is 8.04. The maximum absolute atomic E-state index is 5.05. The summed E-state index contributed by atoms with van der Waals surface area (Å²) in [6.45, 7) is 2.11. The highest BCUT2D eigenvalue weighted by Crippen LogP contribution is 2.33. The van der Waals surface area contributed by atoms with E-state index in [2.05, 4.69) is 102 Å². The number of aryl methyl sites for hydroxylation is 1. The van der Waals surface area contributed by atoms with Crippen LogP contribution < -0.4 is 0 Å². The number of benzene rings is 4. The van der Waals surface area contributed by atoms with Gasteiger partial charge < -0.3 is 0 Å². The van der Waals surface area contributed by atoms with Crippen LogP contribution in [0.15, 0.2) is 109 Å². The summed E-state index contributed by atoms with van der Waals surface area (Å²) in [6.07, 6.45) is 0. The van der Waals surface area contributed by atoms with Gasteiger partial charge in [-0.05, 0) is 25.1 Å². The SMILES string of the molecule is Cc1cccc(-c2cc(-n3c4ccccc4c4ccccc43)nc(-c3ccccc3)n2)c1. The molecule has 0 aliphatic heterocycles. The number of hydrogen-bond acceptors (Lipinski definition) is 2. The van der Waals surface area contributed by atoms with Gasteiger partial charge in [0.1, 0.15) is 5.82 Å². The van der Waals surface area contributed by atoms with Crippen molar-refractivity contribution in [2.24, 2.45) is 0 Å². The van der Waals surface area contributed by atoms with Crippen LogP contribution in [0.1, 0.15) is 5.56 Å². The van der Waals surface area contributed by atoms with E-state index in [-0.39, 0.29) is 0 Å². The summed E-state index contributed by atoms with van der Waals surface area (Å²) in [5, 5.41) is 2.44. The molecule has 0 aliphatic carbocycles. The van der Waals surface area contributed by atoms with Crippen LogP contribution in [0.4, 0.5) is 0 Å². The highest BCUT2D eigenvalue weighted by Gasteiger charge is 2.15. The first kappa shape index (κ1) is 18.5. The molecule has 0 radical (unpaired) electrons. The first-order valence-corrected chi connectivity index (χ1v) is 10.8. The predicted molar refractivity (Wildman–Crippen MR) is 132 cm³/mol. The number of rotatable bonds is 3.